The van der Waals surface area contributed by atoms with E-state index < -0.39 is 0 Å². The minimum absolute atomic E-state index is 0.139. The molecule has 1 saturated heterocycles. The minimum Gasteiger partial charge on any atom is -0.465 e. The first-order valence-electron chi connectivity index (χ1n) is 6.70. The third-order valence-corrected chi connectivity index (χ3v) is 3.34. The Labute approximate surface area is 104 Å². The van der Waals surface area contributed by atoms with E-state index in [1.807, 2.05) is 6.92 Å². The quantitative estimate of drug-likeness (QED) is 0.692. The lowest BCUT2D eigenvalue weighted by Gasteiger charge is -2.23. The molecule has 0 aromatic rings. The number of nitrogens with one attached hydrogen (secondary N) is 1. The molecule has 0 aromatic heterocycles. The maximum atomic E-state index is 11.8. The molecule has 1 fully saturated rings. The van der Waals surface area contributed by atoms with Crippen molar-refractivity contribution in [1.29, 1.82) is 0 Å². The Bertz CT molecular complexity index is 227. The van der Waals surface area contributed by atoms with Crippen LogP contribution in [0.25, 0.3) is 0 Å². The third kappa shape index (κ3) is 4.64. The summed E-state index contributed by atoms with van der Waals surface area (Å²) in [6.07, 6.45) is 3.43. The second-order valence-corrected chi connectivity index (χ2v) is 4.66. The fraction of sp³-hybridized carbons (Fsp3) is 0.923. The first kappa shape index (κ1) is 14.5. The van der Waals surface area contributed by atoms with Crippen LogP contribution in [0.4, 0.5) is 0 Å². The van der Waals surface area contributed by atoms with Crippen LogP contribution in [0.15, 0.2) is 0 Å². The molecule has 1 N–H and O–H groups in total. The highest BCUT2D eigenvalue weighted by molar-refractivity contribution is 5.76. The van der Waals surface area contributed by atoms with Crippen molar-refractivity contribution in [2.45, 2.75) is 52.2 Å². The molecule has 1 aliphatic rings. The van der Waals surface area contributed by atoms with E-state index in [0.717, 1.165) is 32.4 Å². The van der Waals surface area contributed by atoms with Crippen molar-refractivity contribution >= 4 is 5.97 Å². The second kappa shape index (κ2) is 7.67. The van der Waals surface area contributed by atoms with Crippen LogP contribution >= 0.6 is 0 Å². The third-order valence-electron chi connectivity index (χ3n) is 3.34. The van der Waals surface area contributed by atoms with Gasteiger partial charge in [0.1, 0.15) is 6.04 Å². The summed E-state index contributed by atoms with van der Waals surface area (Å²) in [6.45, 7) is 8.03. The summed E-state index contributed by atoms with van der Waals surface area (Å²) in [5, 5.41) is 3.30. The van der Waals surface area contributed by atoms with Crippen LogP contribution in [0.2, 0.25) is 0 Å². The Hall–Kier alpha value is -0.610. The molecule has 0 bridgehead atoms. The molecule has 1 heterocycles. The van der Waals surface area contributed by atoms with Crippen LogP contribution < -0.4 is 5.32 Å². The Morgan fingerprint density at radius 3 is 2.82 bits per heavy atom. The van der Waals surface area contributed by atoms with Crippen LogP contribution in [-0.2, 0) is 14.3 Å². The molecule has 0 saturated carbocycles. The lowest BCUT2D eigenvalue weighted by molar-refractivity contribution is -0.147. The highest BCUT2D eigenvalue weighted by Crippen LogP contribution is 2.13. The van der Waals surface area contributed by atoms with Gasteiger partial charge in [-0.15, -0.1) is 0 Å². The molecule has 3 unspecified atom stereocenters. The van der Waals surface area contributed by atoms with Crippen LogP contribution in [0, 0.1) is 5.92 Å². The van der Waals surface area contributed by atoms with Crippen LogP contribution in [-0.4, -0.2) is 37.9 Å². The van der Waals surface area contributed by atoms with E-state index in [-0.39, 0.29) is 24.0 Å². The van der Waals surface area contributed by atoms with Gasteiger partial charge in [-0.3, -0.25) is 4.79 Å². The molecule has 1 aliphatic heterocycles. The maximum Gasteiger partial charge on any atom is 0.323 e. The summed E-state index contributed by atoms with van der Waals surface area (Å²) < 4.78 is 10.6. The van der Waals surface area contributed by atoms with Crippen molar-refractivity contribution in [3.05, 3.63) is 0 Å². The van der Waals surface area contributed by atoms with Gasteiger partial charge in [-0.1, -0.05) is 20.3 Å². The maximum absolute atomic E-state index is 11.8. The van der Waals surface area contributed by atoms with Crippen molar-refractivity contribution in [3.63, 3.8) is 0 Å². The molecule has 0 spiro atoms. The van der Waals surface area contributed by atoms with E-state index in [4.69, 9.17) is 9.47 Å². The largest absolute Gasteiger partial charge is 0.465 e. The highest BCUT2D eigenvalue weighted by Gasteiger charge is 2.26. The second-order valence-electron chi connectivity index (χ2n) is 4.66. The summed E-state index contributed by atoms with van der Waals surface area (Å²) in [4.78, 5) is 11.8. The van der Waals surface area contributed by atoms with Gasteiger partial charge >= 0.3 is 5.97 Å². The van der Waals surface area contributed by atoms with Gasteiger partial charge in [0.05, 0.1) is 12.7 Å². The zero-order valence-corrected chi connectivity index (χ0v) is 11.2. The van der Waals surface area contributed by atoms with Gasteiger partial charge in [-0.05, 0) is 25.7 Å². The first-order valence-corrected chi connectivity index (χ1v) is 6.70. The summed E-state index contributed by atoms with van der Waals surface area (Å²) in [7, 11) is 0. The van der Waals surface area contributed by atoms with Crippen molar-refractivity contribution in [3.8, 4) is 0 Å². The predicted molar refractivity (Wildman–Crippen MR) is 66.9 cm³/mol. The number of rotatable bonds is 7. The molecule has 3 atom stereocenters. The standard InChI is InChI=1S/C13H25NO3/c1-4-10(3)12(13(15)16-5-2)14-9-11-7-6-8-17-11/h10-12,14H,4-9H2,1-3H3. The van der Waals surface area contributed by atoms with Gasteiger partial charge in [0.25, 0.3) is 0 Å². The van der Waals surface area contributed by atoms with Crippen molar-refractivity contribution in [2.75, 3.05) is 19.8 Å². The van der Waals surface area contributed by atoms with Gasteiger partial charge in [-0.25, -0.2) is 0 Å². The molecule has 0 radical (unpaired) electrons. The normalized spacial score (nSPS) is 23.4. The van der Waals surface area contributed by atoms with Crippen molar-refractivity contribution in [1.82, 2.24) is 5.32 Å². The molecule has 4 heteroatoms. The molecule has 0 amide bonds. The number of esters is 1. The van der Waals surface area contributed by atoms with Crippen LogP contribution in [0.1, 0.15) is 40.0 Å². The summed E-state index contributed by atoms with van der Waals surface area (Å²) >= 11 is 0. The number of hydrogen-bond donors (Lipinski definition) is 1. The molecule has 0 aliphatic carbocycles. The van der Waals surface area contributed by atoms with E-state index >= 15 is 0 Å². The molecular formula is C13H25NO3. The van der Waals surface area contributed by atoms with Crippen molar-refractivity contribution in [2.24, 2.45) is 5.92 Å². The van der Waals surface area contributed by atoms with E-state index in [1.165, 1.54) is 0 Å². The van der Waals surface area contributed by atoms with Gasteiger partial charge in [-0.2, -0.15) is 0 Å². The minimum atomic E-state index is -0.204. The Morgan fingerprint density at radius 2 is 2.29 bits per heavy atom. The number of carbonyl (C=O) groups excluding carboxylic acids is 1. The molecule has 100 valence electrons. The molecule has 4 nitrogen and oxygen atoms in total. The predicted octanol–water partition coefficient (Wildman–Crippen LogP) is 1.73. The fourth-order valence-corrected chi connectivity index (χ4v) is 2.05. The lowest BCUT2D eigenvalue weighted by Crippen LogP contribution is -2.45. The van der Waals surface area contributed by atoms with E-state index in [2.05, 4.69) is 19.2 Å². The van der Waals surface area contributed by atoms with Gasteiger partial charge in [0, 0.05) is 13.2 Å². The number of ether oxygens (including phenoxy) is 2. The van der Waals surface area contributed by atoms with Crippen LogP contribution in [0.3, 0.4) is 0 Å². The highest BCUT2D eigenvalue weighted by atomic mass is 16.5. The summed E-state index contributed by atoms with van der Waals surface area (Å²) in [6, 6.07) is -0.204. The van der Waals surface area contributed by atoms with E-state index in [0.29, 0.717) is 6.61 Å². The molecule has 17 heavy (non-hydrogen) atoms. The SMILES string of the molecule is CCOC(=O)C(NCC1CCCO1)C(C)CC. The first-order chi connectivity index (χ1) is 8.19. The van der Waals surface area contributed by atoms with Crippen LogP contribution in [0.5, 0.6) is 0 Å². The fourth-order valence-electron chi connectivity index (χ4n) is 2.05. The average molecular weight is 243 g/mol. The smallest absolute Gasteiger partial charge is 0.323 e. The van der Waals surface area contributed by atoms with E-state index in [9.17, 15) is 4.79 Å². The summed E-state index contributed by atoms with van der Waals surface area (Å²) in [5.41, 5.74) is 0. The topological polar surface area (TPSA) is 47.6 Å². The summed E-state index contributed by atoms with van der Waals surface area (Å²) in [5.74, 6) is 0.148. The van der Waals surface area contributed by atoms with Crippen molar-refractivity contribution < 1.29 is 14.3 Å². The number of carbonyl (C=O) groups is 1. The zero-order valence-electron chi connectivity index (χ0n) is 11.2. The molecule has 1 rings (SSSR count). The van der Waals surface area contributed by atoms with E-state index in [1.54, 1.807) is 0 Å². The average Bonchev–Trinajstić information content (AvgIpc) is 2.82. The van der Waals surface area contributed by atoms with Gasteiger partial charge < -0.3 is 14.8 Å². The number of hydrogen-bond acceptors (Lipinski definition) is 4. The lowest BCUT2D eigenvalue weighted by atomic mass is 9.99. The Kier molecular flexibility index (Phi) is 6.52. The Morgan fingerprint density at radius 1 is 1.53 bits per heavy atom. The molecular weight excluding hydrogens is 218 g/mol. The monoisotopic (exact) mass is 243 g/mol. The van der Waals surface area contributed by atoms with Gasteiger partial charge in [0.15, 0.2) is 0 Å². The van der Waals surface area contributed by atoms with Gasteiger partial charge in [0.2, 0.25) is 0 Å². The zero-order chi connectivity index (χ0) is 12.7. The Balaban J connectivity index is 2.41. The molecule has 0 aromatic carbocycles.